The molecule has 0 amide bonds. The van der Waals surface area contributed by atoms with E-state index < -0.39 is 0 Å². The van der Waals surface area contributed by atoms with E-state index in [1.165, 1.54) is 19.3 Å². The van der Waals surface area contributed by atoms with E-state index in [9.17, 15) is 4.79 Å². The number of nitrogens with one attached hydrogen (secondary N) is 1. The summed E-state index contributed by atoms with van der Waals surface area (Å²) in [5, 5.41) is 0. The summed E-state index contributed by atoms with van der Waals surface area (Å²) >= 11 is 0. The maximum Gasteiger partial charge on any atom is 0.251 e. The highest BCUT2D eigenvalue weighted by atomic mass is 16.5. The van der Waals surface area contributed by atoms with Gasteiger partial charge in [0, 0.05) is 37.4 Å². The Hall–Kier alpha value is -1.24. The zero-order chi connectivity index (χ0) is 16.1. The zero-order valence-electron chi connectivity index (χ0n) is 14.1. The molecule has 3 rings (SSSR count). The number of rotatable bonds is 5. The molecule has 128 valence electrons. The summed E-state index contributed by atoms with van der Waals surface area (Å²) in [5.41, 5.74) is 0.846. The first-order chi connectivity index (χ1) is 11.2. The Balaban J connectivity index is 1.66. The normalized spacial score (nSPS) is 24.0. The lowest BCUT2D eigenvalue weighted by Crippen LogP contribution is -2.49. The Kier molecular flexibility index (Phi) is 5.80. The lowest BCUT2D eigenvalue weighted by atomic mass is 10.0. The fourth-order valence-electron chi connectivity index (χ4n) is 3.57. The van der Waals surface area contributed by atoms with Crippen LogP contribution >= 0.6 is 0 Å². The number of hydrogen-bond acceptors (Lipinski definition) is 5. The van der Waals surface area contributed by atoms with Gasteiger partial charge in [-0.15, -0.1) is 0 Å². The van der Waals surface area contributed by atoms with Crippen LogP contribution in [0.1, 0.15) is 37.7 Å². The van der Waals surface area contributed by atoms with E-state index in [2.05, 4.69) is 19.8 Å². The van der Waals surface area contributed by atoms with Gasteiger partial charge in [0.2, 0.25) is 0 Å². The van der Waals surface area contributed by atoms with Gasteiger partial charge in [0.15, 0.2) is 0 Å². The molecule has 2 aliphatic heterocycles. The van der Waals surface area contributed by atoms with Gasteiger partial charge in [-0.25, -0.2) is 4.98 Å². The standard InChI is InChI=1S/C17H28N4O2/c1-2-14-11-17(22)19-16(18-14)13-21-6-4-3-5-15(21)12-20-7-9-23-10-8-20/h11,15H,2-10,12-13H2,1H3,(H,18,19,22). The van der Waals surface area contributed by atoms with Gasteiger partial charge in [-0.1, -0.05) is 13.3 Å². The summed E-state index contributed by atoms with van der Waals surface area (Å²) in [5.74, 6) is 0.809. The Labute approximate surface area is 137 Å². The Morgan fingerprint density at radius 3 is 2.91 bits per heavy atom. The molecule has 6 nitrogen and oxygen atoms in total. The van der Waals surface area contributed by atoms with Crippen LogP contribution in [0.15, 0.2) is 10.9 Å². The molecule has 3 heterocycles. The number of nitrogens with zero attached hydrogens (tertiary/aromatic N) is 3. The summed E-state index contributed by atoms with van der Waals surface area (Å²) in [6.45, 7) is 8.73. The molecule has 0 saturated carbocycles. The van der Waals surface area contributed by atoms with E-state index in [0.29, 0.717) is 6.04 Å². The first-order valence-electron chi connectivity index (χ1n) is 8.88. The van der Waals surface area contributed by atoms with Crippen molar-refractivity contribution in [2.24, 2.45) is 0 Å². The number of H-pyrrole nitrogens is 1. The minimum atomic E-state index is -0.0337. The molecule has 1 aromatic rings. The second-order valence-corrected chi connectivity index (χ2v) is 6.57. The second kappa shape index (κ2) is 8.04. The highest BCUT2D eigenvalue weighted by molar-refractivity contribution is 5.03. The van der Waals surface area contributed by atoms with Crippen LogP contribution in [0.4, 0.5) is 0 Å². The quantitative estimate of drug-likeness (QED) is 0.878. The number of piperidine rings is 1. The highest BCUT2D eigenvalue weighted by Crippen LogP contribution is 2.20. The van der Waals surface area contributed by atoms with Gasteiger partial charge in [0.05, 0.1) is 19.8 Å². The lowest BCUT2D eigenvalue weighted by Gasteiger charge is -2.39. The molecule has 2 aliphatic rings. The van der Waals surface area contributed by atoms with Crippen molar-refractivity contribution >= 4 is 0 Å². The molecule has 6 heteroatoms. The number of aromatic nitrogens is 2. The van der Waals surface area contributed by atoms with Crippen LogP contribution in [0.3, 0.4) is 0 Å². The largest absolute Gasteiger partial charge is 0.379 e. The van der Waals surface area contributed by atoms with Crippen LogP contribution in [0.25, 0.3) is 0 Å². The Morgan fingerprint density at radius 2 is 2.13 bits per heavy atom. The zero-order valence-corrected chi connectivity index (χ0v) is 14.1. The molecule has 0 aliphatic carbocycles. The first-order valence-corrected chi connectivity index (χ1v) is 8.88. The van der Waals surface area contributed by atoms with E-state index >= 15 is 0 Å². The predicted molar refractivity (Wildman–Crippen MR) is 89.5 cm³/mol. The third-order valence-corrected chi connectivity index (χ3v) is 4.88. The fourth-order valence-corrected chi connectivity index (χ4v) is 3.57. The maximum absolute atomic E-state index is 11.8. The van der Waals surface area contributed by atoms with Crippen LogP contribution in [0, 0.1) is 0 Å². The molecular weight excluding hydrogens is 292 g/mol. The van der Waals surface area contributed by atoms with E-state index in [1.54, 1.807) is 6.07 Å². The van der Waals surface area contributed by atoms with Crippen LogP contribution in [0.2, 0.25) is 0 Å². The van der Waals surface area contributed by atoms with Gasteiger partial charge >= 0.3 is 0 Å². The van der Waals surface area contributed by atoms with Gasteiger partial charge in [-0.05, 0) is 25.8 Å². The summed E-state index contributed by atoms with van der Waals surface area (Å²) < 4.78 is 5.45. The molecule has 1 atom stereocenters. The summed E-state index contributed by atoms with van der Waals surface area (Å²) in [4.78, 5) is 24.3. The highest BCUT2D eigenvalue weighted by Gasteiger charge is 2.26. The molecule has 0 bridgehead atoms. The Bertz CT molecular complexity index is 554. The fraction of sp³-hybridized carbons (Fsp3) is 0.765. The number of aromatic amines is 1. The number of morpholine rings is 1. The van der Waals surface area contributed by atoms with Crippen LogP contribution in [-0.2, 0) is 17.7 Å². The predicted octanol–water partition coefficient (Wildman–Crippen LogP) is 1.02. The van der Waals surface area contributed by atoms with Gasteiger partial charge in [0.1, 0.15) is 5.82 Å². The molecule has 1 N–H and O–H groups in total. The number of aryl methyl sites for hydroxylation is 1. The summed E-state index contributed by atoms with van der Waals surface area (Å²) in [6, 6.07) is 2.16. The average molecular weight is 320 g/mol. The van der Waals surface area contributed by atoms with E-state index in [1.807, 2.05) is 6.92 Å². The first kappa shape index (κ1) is 16.6. The summed E-state index contributed by atoms with van der Waals surface area (Å²) in [7, 11) is 0. The van der Waals surface area contributed by atoms with Crippen LogP contribution in [0.5, 0.6) is 0 Å². The molecule has 1 unspecified atom stereocenters. The molecule has 0 radical (unpaired) electrons. The van der Waals surface area contributed by atoms with Crippen molar-refractivity contribution in [3.05, 3.63) is 27.9 Å². The SMILES string of the molecule is CCc1cc(=O)[nH]c(CN2CCCCC2CN2CCOCC2)n1. The third kappa shape index (κ3) is 4.62. The van der Waals surface area contributed by atoms with Crippen molar-refractivity contribution in [2.45, 2.75) is 45.2 Å². The molecule has 0 spiro atoms. The molecule has 2 saturated heterocycles. The molecule has 0 aromatic carbocycles. The van der Waals surface area contributed by atoms with E-state index in [4.69, 9.17) is 4.74 Å². The molecule has 1 aromatic heterocycles. The van der Waals surface area contributed by atoms with Crippen molar-refractivity contribution in [3.63, 3.8) is 0 Å². The van der Waals surface area contributed by atoms with E-state index in [0.717, 1.165) is 63.9 Å². The van der Waals surface area contributed by atoms with Gasteiger partial charge in [-0.3, -0.25) is 14.6 Å². The minimum Gasteiger partial charge on any atom is -0.379 e. The molecule has 2 fully saturated rings. The second-order valence-electron chi connectivity index (χ2n) is 6.57. The molecule has 23 heavy (non-hydrogen) atoms. The average Bonchev–Trinajstić information content (AvgIpc) is 2.57. The minimum absolute atomic E-state index is 0.0337. The number of likely N-dealkylation sites (tertiary alicyclic amines) is 1. The maximum atomic E-state index is 11.8. The Morgan fingerprint density at radius 1 is 1.30 bits per heavy atom. The van der Waals surface area contributed by atoms with Crippen molar-refractivity contribution in [2.75, 3.05) is 39.4 Å². The molecular formula is C17H28N4O2. The van der Waals surface area contributed by atoms with Gasteiger partial charge < -0.3 is 9.72 Å². The topological polar surface area (TPSA) is 61.5 Å². The van der Waals surface area contributed by atoms with Crippen molar-refractivity contribution in [1.82, 2.24) is 19.8 Å². The van der Waals surface area contributed by atoms with Gasteiger partial charge in [-0.2, -0.15) is 0 Å². The van der Waals surface area contributed by atoms with Crippen molar-refractivity contribution in [1.29, 1.82) is 0 Å². The lowest BCUT2D eigenvalue weighted by molar-refractivity contribution is 0.0148. The van der Waals surface area contributed by atoms with Crippen LogP contribution < -0.4 is 5.56 Å². The van der Waals surface area contributed by atoms with E-state index in [-0.39, 0.29) is 5.56 Å². The third-order valence-electron chi connectivity index (χ3n) is 4.88. The number of hydrogen-bond donors (Lipinski definition) is 1. The van der Waals surface area contributed by atoms with Crippen LogP contribution in [-0.4, -0.2) is 65.2 Å². The monoisotopic (exact) mass is 320 g/mol. The van der Waals surface area contributed by atoms with Gasteiger partial charge in [0.25, 0.3) is 5.56 Å². The number of ether oxygens (including phenoxy) is 1. The summed E-state index contributed by atoms with van der Waals surface area (Å²) in [6.07, 6.45) is 4.56. The smallest absolute Gasteiger partial charge is 0.251 e. The van der Waals surface area contributed by atoms with Crippen molar-refractivity contribution in [3.8, 4) is 0 Å². The van der Waals surface area contributed by atoms with Crippen molar-refractivity contribution < 1.29 is 4.74 Å².